The number of amides is 1. The number of nitrogens with zero attached hydrogens (tertiary/aromatic N) is 1. The number of para-hydroxylation sites is 1. The van der Waals surface area contributed by atoms with Gasteiger partial charge in [-0.1, -0.05) is 58.4 Å². The molecule has 0 unspecified atom stereocenters. The molecule has 0 bridgehead atoms. The Labute approximate surface area is 177 Å². The minimum absolute atomic E-state index is 0.00182. The van der Waals surface area contributed by atoms with Gasteiger partial charge in [-0.15, -0.1) is 0 Å². The molecule has 0 aliphatic rings. The van der Waals surface area contributed by atoms with E-state index in [1.165, 1.54) is 18.2 Å². The quantitative estimate of drug-likeness (QED) is 0.555. The minimum Gasteiger partial charge on any atom is -0.319 e. The van der Waals surface area contributed by atoms with Crippen LogP contribution in [0.25, 0.3) is 0 Å². The average Bonchev–Trinajstić information content (AvgIpc) is 2.68. The van der Waals surface area contributed by atoms with E-state index >= 15 is 0 Å². The zero-order valence-electron chi connectivity index (χ0n) is 15.5. The van der Waals surface area contributed by atoms with Crippen LogP contribution in [0.3, 0.4) is 0 Å². The van der Waals surface area contributed by atoms with Crippen molar-refractivity contribution in [2.24, 2.45) is 0 Å². The molecule has 0 radical (unpaired) electrons. The number of benzene rings is 3. The normalized spacial score (nSPS) is 11.1. The number of carbonyl (C=O) groups excluding carboxylic acids is 1. The zero-order valence-corrected chi connectivity index (χ0v) is 17.9. The average molecular weight is 477 g/mol. The van der Waals surface area contributed by atoms with Gasteiger partial charge in [0.05, 0.1) is 29.7 Å². The lowest BCUT2D eigenvalue weighted by Gasteiger charge is -2.24. The fourth-order valence-electron chi connectivity index (χ4n) is 2.79. The molecule has 0 aromatic heterocycles. The van der Waals surface area contributed by atoms with E-state index in [9.17, 15) is 17.6 Å². The van der Waals surface area contributed by atoms with Gasteiger partial charge in [-0.3, -0.25) is 9.10 Å². The molecular weight excluding hydrogens is 459 g/mol. The fraction of sp³-hybridized carbons (Fsp3) is 0.0952. The summed E-state index contributed by atoms with van der Waals surface area (Å²) in [6, 6.07) is 19.7. The van der Waals surface area contributed by atoms with Gasteiger partial charge in [-0.25, -0.2) is 12.8 Å². The first-order chi connectivity index (χ1) is 13.8. The van der Waals surface area contributed by atoms with Crippen LogP contribution in [0.5, 0.6) is 0 Å². The van der Waals surface area contributed by atoms with Crippen molar-refractivity contribution in [3.8, 4) is 0 Å². The number of hydrogen-bond donors (Lipinski definition) is 1. The van der Waals surface area contributed by atoms with Gasteiger partial charge >= 0.3 is 0 Å². The maximum atomic E-state index is 14.1. The van der Waals surface area contributed by atoms with Crippen molar-refractivity contribution >= 4 is 43.2 Å². The van der Waals surface area contributed by atoms with E-state index < -0.39 is 21.7 Å². The van der Waals surface area contributed by atoms with E-state index in [0.717, 1.165) is 16.1 Å². The number of anilines is 2. The van der Waals surface area contributed by atoms with Crippen LogP contribution in [0, 0.1) is 5.82 Å². The summed E-state index contributed by atoms with van der Waals surface area (Å²) in [5, 5.41) is 2.51. The van der Waals surface area contributed by atoms with Gasteiger partial charge < -0.3 is 5.32 Å². The number of hydrogen-bond acceptors (Lipinski definition) is 3. The Hall–Kier alpha value is -2.71. The van der Waals surface area contributed by atoms with Crippen molar-refractivity contribution in [2.45, 2.75) is 6.54 Å². The summed E-state index contributed by atoms with van der Waals surface area (Å²) in [5.74, 6) is -1.21. The highest BCUT2D eigenvalue weighted by Crippen LogP contribution is 2.27. The van der Waals surface area contributed by atoms with Crippen LogP contribution in [0.2, 0.25) is 0 Å². The first-order valence-electron chi connectivity index (χ1n) is 8.63. The van der Waals surface area contributed by atoms with Crippen molar-refractivity contribution in [2.75, 3.05) is 15.9 Å². The molecule has 1 amide bonds. The highest BCUT2D eigenvalue weighted by molar-refractivity contribution is 9.10. The van der Waals surface area contributed by atoms with E-state index in [-0.39, 0.29) is 23.5 Å². The van der Waals surface area contributed by atoms with E-state index in [1.807, 2.05) is 18.2 Å². The third-order valence-corrected chi connectivity index (χ3v) is 5.79. The van der Waals surface area contributed by atoms with Gasteiger partial charge in [-0.2, -0.15) is 0 Å². The fourth-order valence-corrected chi connectivity index (χ4v) is 4.03. The summed E-state index contributed by atoms with van der Waals surface area (Å²) in [4.78, 5) is 12.8. The number of nitrogens with one attached hydrogen (secondary N) is 1. The van der Waals surface area contributed by atoms with Crippen molar-refractivity contribution in [1.29, 1.82) is 0 Å². The Morgan fingerprint density at radius 1 is 1.03 bits per heavy atom. The number of carbonyl (C=O) groups is 1. The molecule has 8 heteroatoms. The molecule has 0 atom stereocenters. The molecule has 0 saturated heterocycles. The molecule has 0 aliphatic carbocycles. The van der Waals surface area contributed by atoms with Gasteiger partial charge in [0.1, 0.15) is 5.82 Å². The summed E-state index contributed by atoms with van der Waals surface area (Å²) in [6.07, 6.45) is 1.08. The summed E-state index contributed by atoms with van der Waals surface area (Å²) in [5.41, 5.74) is 1.11. The second kappa shape index (κ2) is 8.75. The highest BCUT2D eigenvalue weighted by atomic mass is 79.9. The van der Waals surface area contributed by atoms with Crippen LogP contribution in [-0.4, -0.2) is 20.6 Å². The topological polar surface area (TPSA) is 66.5 Å². The Kier molecular flexibility index (Phi) is 6.34. The van der Waals surface area contributed by atoms with Crippen molar-refractivity contribution in [3.63, 3.8) is 0 Å². The monoisotopic (exact) mass is 476 g/mol. The van der Waals surface area contributed by atoms with E-state index in [1.54, 1.807) is 36.4 Å². The van der Waals surface area contributed by atoms with Gasteiger partial charge in [0.15, 0.2) is 0 Å². The molecular formula is C21H18BrFN2O3S. The molecule has 29 heavy (non-hydrogen) atoms. The van der Waals surface area contributed by atoms with E-state index in [4.69, 9.17) is 0 Å². The van der Waals surface area contributed by atoms with Crippen LogP contribution >= 0.6 is 15.9 Å². The molecule has 0 fully saturated rings. The number of halogens is 2. The lowest BCUT2D eigenvalue weighted by molar-refractivity contribution is 0.102. The predicted octanol–water partition coefficient (Wildman–Crippen LogP) is 4.81. The van der Waals surface area contributed by atoms with E-state index in [0.29, 0.717) is 4.47 Å². The van der Waals surface area contributed by atoms with Crippen LogP contribution in [0.15, 0.2) is 77.3 Å². The van der Waals surface area contributed by atoms with Crippen molar-refractivity contribution in [1.82, 2.24) is 0 Å². The minimum atomic E-state index is -3.69. The van der Waals surface area contributed by atoms with Crippen molar-refractivity contribution in [3.05, 3.63) is 94.2 Å². The number of sulfonamides is 1. The summed E-state index contributed by atoms with van der Waals surface area (Å²) in [7, 11) is -3.69. The summed E-state index contributed by atoms with van der Waals surface area (Å²) < 4.78 is 40.8. The third kappa shape index (κ3) is 5.21. The van der Waals surface area contributed by atoms with Crippen LogP contribution < -0.4 is 9.62 Å². The molecule has 0 saturated carbocycles. The summed E-state index contributed by atoms with van der Waals surface area (Å²) in [6.45, 7) is 0.0661. The lowest BCUT2D eigenvalue weighted by Crippen LogP contribution is -2.31. The van der Waals surface area contributed by atoms with Gasteiger partial charge in [0.2, 0.25) is 10.0 Å². The largest absolute Gasteiger partial charge is 0.319 e. The second-order valence-electron chi connectivity index (χ2n) is 6.35. The molecule has 3 aromatic rings. The molecule has 3 aromatic carbocycles. The van der Waals surface area contributed by atoms with Crippen LogP contribution in [0.4, 0.5) is 15.8 Å². The summed E-state index contributed by atoms with van der Waals surface area (Å²) >= 11 is 3.17. The second-order valence-corrected chi connectivity index (χ2v) is 9.17. The highest BCUT2D eigenvalue weighted by Gasteiger charge is 2.23. The first-order valence-corrected chi connectivity index (χ1v) is 11.3. The van der Waals surface area contributed by atoms with Crippen molar-refractivity contribution < 1.29 is 17.6 Å². The SMILES string of the molecule is CS(=O)(=O)N(Cc1ccccc1)c1ccccc1C(=O)Nc1ccc(Br)cc1F. The van der Waals surface area contributed by atoms with Gasteiger partial charge in [0, 0.05) is 4.47 Å². The van der Waals surface area contributed by atoms with Crippen LogP contribution in [-0.2, 0) is 16.6 Å². The Balaban J connectivity index is 1.98. The molecule has 0 spiro atoms. The predicted molar refractivity (Wildman–Crippen MR) is 116 cm³/mol. The van der Waals surface area contributed by atoms with Gasteiger partial charge in [0.25, 0.3) is 5.91 Å². The molecule has 3 rings (SSSR count). The lowest BCUT2D eigenvalue weighted by atomic mass is 10.1. The zero-order chi connectivity index (χ0) is 21.0. The molecule has 1 N–H and O–H groups in total. The maximum absolute atomic E-state index is 14.1. The molecule has 150 valence electrons. The van der Waals surface area contributed by atoms with Gasteiger partial charge in [-0.05, 0) is 35.9 Å². The van der Waals surface area contributed by atoms with E-state index in [2.05, 4.69) is 21.2 Å². The number of rotatable bonds is 6. The smallest absolute Gasteiger partial charge is 0.257 e. The first kappa shape index (κ1) is 21.0. The molecule has 0 aliphatic heterocycles. The molecule has 0 heterocycles. The maximum Gasteiger partial charge on any atom is 0.257 e. The Morgan fingerprint density at radius 3 is 2.34 bits per heavy atom. The standard InChI is InChI=1S/C21H18BrFN2O3S/c1-29(27,28)25(14-15-7-3-2-4-8-15)20-10-6-5-9-17(20)21(26)24-19-12-11-16(22)13-18(19)23/h2-13H,14H2,1H3,(H,24,26). The molecule has 5 nitrogen and oxygen atoms in total. The Morgan fingerprint density at radius 2 is 1.69 bits per heavy atom. The van der Waals surface area contributed by atoms with Crippen LogP contribution in [0.1, 0.15) is 15.9 Å². The Bertz CT molecular complexity index is 1140. The third-order valence-electron chi connectivity index (χ3n) is 4.17.